The lowest BCUT2D eigenvalue weighted by Crippen LogP contribution is -2.24. The van der Waals surface area contributed by atoms with Gasteiger partial charge in [-0.3, -0.25) is 4.79 Å². The molecule has 4 aromatic rings. The molecule has 2 aromatic carbocycles. The first-order valence-electron chi connectivity index (χ1n) is 9.72. The molecule has 1 N–H and O–H groups in total. The van der Waals surface area contributed by atoms with E-state index in [4.69, 9.17) is 14.8 Å². The van der Waals surface area contributed by atoms with Crippen LogP contribution in [0.3, 0.4) is 0 Å². The molecule has 1 aliphatic rings. The normalized spacial score (nSPS) is 15.8. The molecule has 152 valence electrons. The topological polar surface area (TPSA) is 69.0 Å². The lowest BCUT2D eigenvalue weighted by atomic mass is 9.86. The average Bonchev–Trinajstić information content (AvgIpc) is 3.28. The van der Waals surface area contributed by atoms with Gasteiger partial charge in [-0.15, -0.1) is 0 Å². The van der Waals surface area contributed by atoms with Crippen molar-refractivity contribution < 1.29 is 9.53 Å². The molecule has 0 saturated heterocycles. The van der Waals surface area contributed by atoms with E-state index in [1.54, 1.807) is 4.68 Å². The number of carbonyl (C=O) groups is 1. The molecule has 8 heteroatoms. The van der Waals surface area contributed by atoms with Gasteiger partial charge in [-0.2, -0.15) is 9.78 Å². The molecule has 1 aliphatic heterocycles. The second-order valence-electron chi connectivity index (χ2n) is 7.18. The molecule has 0 aliphatic carbocycles. The Morgan fingerprint density at radius 2 is 2.17 bits per heavy atom. The lowest BCUT2D eigenvalue weighted by molar-refractivity contribution is -0.116. The van der Waals surface area contributed by atoms with Crippen LogP contribution in [0.1, 0.15) is 36.1 Å². The van der Waals surface area contributed by atoms with Crippen molar-refractivity contribution in [2.45, 2.75) is 26.2 Å². The van der Waals surface area contributed by atoms with Crippen molar-refractivity contribution in [2.75, 3.05) is 11.9 Å². The first-order valence-corrected chi connectivity index (χ1v) is 11.3. The second kappa shape index (κ2) is 7.52. The van der Waals surface area contributed by atoms with Crippen LogP contribution < -0.4 is 10.1 Å². The Kier molecular flexibility index (Phi) is 4.83. The molecule has 0 bridgehead atoms. The van der Waals surface area contributed by atoms with Gasteiger partial charge in [-0.1, -0.05) is 39.4 Å². The van der Waals surface area contributed by atoms with Crippen LogP contribution in [0.15, 0.2) is 46.9 Å². The third-order valence-corrected chi connectivity index (χ3v) is 6.68. The summed E-state index contributed by atoms with van der Waals surface area (Å²) in [5.41, 5.74) is 3.91. The Bertz CT molecular complexity index is 1280. The smallest absolute Gasteiger partial charge is 0.226 e. The molecule has 2 aromatic heterocycles. The molecule has 0 unspecified atom stereocenters. The molecule has 5 rings (SSSR count). The second-order valence-corrected chi connectivity index (χ2v) is 9.10. The van der Waals surface area contributed by atoms with Gasteiger partial charge in [0.2, 0.25) is 11.0 Å². The molecule has 0 fully saturated rings. The number of aromatic nitrogens is 3. The Morgan fingerprint density at radius 3 is 2.97 bits per heavy atom. The fourth-order valence-corrected chi connectivity index (χ4v) is 5.30. The molecule has 1 amide bonds. The van der Waals surface area contributed by atoms with Crippen LogP contribution in [0.25, 0.3) is 15.3 Å². The van der Waals surface area contributed by atoms with Crippen molar-refractivity contribution >= 4 is 49.2 Å². The maximum Gasteiger partial charge on any atom is 0.226 e. The van der Waals surface area contributed by atoms with E-state index in [0.29, 0.717) is 18.8 Å². The van der Waals surface area contributed by atoms with Crippen LogP contribution in [0.2, 0.25) is 0 Å². The maximum atomic E-state index is 12.6. The fraction of sp³-hybridized carbons (Fsp3) is 0.227. The Labute approximate surface area is 186 Å². The van der Waals surface area contributed by atoms with E-state index in [1.165, 1.54) is 11.3 Å². The Hall–Kier alpha value is -2.71. The minimum Gasteiger partial charge on any atom is -0.494 e. The van der Waals surface area contributed by atoms with Crippen molar-refractivity contribution in [3.05, 3.63) is 63.8 Å². The summed E-state index contributed by atoms with van der Waals surface area (Å²) in [6, 6.07) is 14.0. The highest BCUT2D eigenvalue weighted by Gasteiger charge is 2.33. The van der Waals surface area contributed by atoms with E-state index in [2.05, 4.69) is 33.4 Å². The molecule has 3 heterocycles. The van der Waals surface area contributed by atoms with Crippen LogP contribution in [-0.4, -0.2) is 27.3 Å². The number of fused-ring (bicyclic) bond motifs is 2. The molecule has 6 nitrogen and oxygen atoms in total. The van der Waals surface area contributed by atoms with Gasteiger partial charge in [0.05, 0.1) is 22.5 Å². The summed E-state index contributed by atoms with van der Waals surface area (Å²) in [6.07, 6.45) is 0.396. The van der Waals surface area contributed by atoms with Gasteiger partial charge in [0.15, 0.2) is 0 Å². The number of hydrogen-bond acceptors (Lipinski definition) is 5. The molecule has 30 heavy (non-hydrogen) atoms. The Balaban J connectivity index is 1.63. The molecular weight excluding hydrogens is 464 g/mol. The molecule has 1 atom stereocenters. The van der Waals surface area contributed by atoms with Gasteiger partial charge in [0.1, 0.15) is 11.6 Å². The van der Waals surface area contributed by atoms with Crippen LogP contribution >= 0.6 is 27.3 Å². The lowest BCUT2D eigenvalue weighted by Gasteiger charge is -2.24. The van der Waals surface area contributed by atoms with Crippen molar-refractivity contribution in [3.8, 4) is 10.9 Å². The summed E-state index contributed by atoms with van der Waals surface area (Å²) < 4.78 is 9.38. The number of rotatable bonds is 4. The average molecular weight is 483 g/mol. The highest BCUT2D eigenvalue weighted by molar-refractivity contribution is 9.10. The standard InChI is InChI=1S/C22H19BrN4O2S/c1-3-29-15-7-8-17-18(10-15)30-22(24-17)27-21-20(12(2)26-27)16(11-19(28)25-21)13-5-4-6-14(23)9-13/h4-10,16H,3,11H2,1-2H3,(H,25,28)/t16-/m0/s1. The zero-order chi connectivity index (χ0) is 20.8. The number of thiazole rings is 1. The summed E-state index contributed by atoms with van der Waals surface area (Å²) in [7, 11) is 0. The quantitative estimate of drug-likeness (QED) is 0.421. The predicted molar refractivity (Wildman–Crippen MR) is 122 cm³/mol. The van der Waals surface area contributed by atoms with E-state index >= 15 is 0 Å². The third-order valence-electron chi connectivity index (χ3n) is 5.19. The van der Waals surface area contributed by atoms with Crippen molar-refractivity contribution in [2.24, 2.45) is 0 Å². The number of carbonyl (C=O) groups excluding carboxylic acids is 1. The molecule has 0 saturated carbocycles. The van der Waals surface area contributed by atoms with E-state index in [0.717, 1.165) is 42.4 Å². The largest absolute Gasteiger partial charge is 0.494 e. The number of anilines is 1. The minimum absolute atomic E-state index is 0.0200. The minimum atomic E-state index is -0.0427. The van der Waals surface area contributed by atoms with Gasteiger partial charge >= 0.3 is 0 Å². The number of hydrogen-bond donors (Lipinski definition) is 1. The highest BCUT2D eigenvalue weighted by atomic mass is 79.9. The Morgan fingerprint density at radius 1 is 1.30 bits per heavy atom. The summed E-state index contributed by atoms with van der Waals surface area (Å²) in [5, 5.41) is 8.51. The molecule has 0 radical (unpaired) electrons. The third kappa shape index (κ3) is 3.30. The van der Waals surface area contributed by atoms with Gasteiger partial charge < -0.3 is 10.1 Å². The van der Waals surface area contributed by atoms with Crippen LogP contribution in [-0.2, 0) is 4.79 Å². The fourth-order valence-electron chi connectivity index (χ4n) is 3.93. The number of nitrogens with zero attached hydrogens (tertiary/aromatic N) is 3. The van der Waals surface area contributed by atoms with E-state index in [-0.39, 0.29) is 11.8 Å². The van der Waals surface area contributed by atoms with Gasteiger partial charge in [-0.05, 0) is 49.7 Å². The summed E-state index contributed by atoms with van der Waals surface area (Å²) in [6.45, 7) is 4.57. The van der Waals surface area contributed by atoms with Gasteiger partial charge in [-0.25, -0.2) is 4.98 Å². The van der Waals surface area contributed by atoms with E-state index in [9.17, 15) is 4.79 Å². The van der Waals surface area contributed by atoms with Gasteiger partial charge in [0, 0.05) is 22.4 Å². The zero-order valence-electron chi connectivity index (χ0n) is 16.5. The number of amides is 1. The zero-order valence-corrected chi connectivity index (χ0v) is 18.9. The summed E-state index contributed by atoms with van der Waals surface area (Å²) in [4.78, 5) is 17.3. The highest BCUT2D eigenvalue weighted by Crippen LogP contribution is 2.41. The first-order chi connectivity index (χ1) is 14.5. The number of nitrogens with one attached hydrogen (secondary N) is 1. The number of halogens is 1. The predicted octanol–water partition coefficient (Wildman–Crippen LogP) is 5.43. The van der Waals surface area contributed by atoms with Gasteiger partial charge in [0.25, 0.3) is 0 Å². The number of ether oxygens (including phenoxy) is 1. The van der Waals surface area contributed by atoms with E-state index < -0.39 is 0 Å². The monoisotopic (exact) mass is 482 g/mol. The molecular formula is C22H19BrN4O2S. The first kappa shape index (κ1) is 19.3. The summed E-state index contributed by atoms with van der Waals surface area (Å²) in [5.74, 6) is 1.46. The van der Waals surface area contributed by atoms with Crippen molar-refractivity contribution in [1.82, 2.24) is 14.8 Å². The van der Waals surface area contributed by atoms with Crippen LogP contribution in [0, 0.1) is 6.92 Å². The SMILES string of the molecule is CCOc1ccc2nc(-n3nc(C)c4c3NC(=O)C[C@H]4c3cccc(Br)c3)sc2c1. The van der Waals surface area contributed by atoms with E-state index in [1.807, 2.05) is 44.2 Å². The molecule has 0 spiro atoms. The summed E-state index contributed by atoms with van der Waals surface area (Å²) >= 11 is 5.07. The number of benzene rings is 2. The maximum absolute atomic E-state index is 12.6. The van der Waals surface area contributed by atoms with Crippen molar-refractivity contribution in [1.29, 1.82) is 0 Å². The van der Waals surface area contributed by atoms with Crippen LogP contribution in [0.5, 0.6) is 5.75 Å². The number of aryl methyl sites for hydroxylation is 1. The van der Waals surface area contributed by atoms with Crippen LogP contribution in [0.4, 0.5) is 5.82 Å². The van der Waals surface area contributed by atoms with Crippen molar-refractivity contribution in [3.63, 3.8) is 0 Å².